The fourth-order valence-electron chi connectivity index (χ4n) is 1.63. The van der Waals surface area contributed by atoms with E-state index < -0.39 is 0 Å². The van der Waals surface area contributed by atoms with E-state index >= 15 is 0 Å². The highest BCUT2D eigenvalue weighted by Crippen LogP contribution is 2.09. The Morgan fingerprint density at radius 3 is 2.70 bits per heavy atom. The third kappa shape index (κ3) is 7.66. The SMILES string of the molecule is CCOCCCNC(N)=NCc1ccccc1CO.I. The Morgan fingerprint density at radius 1 is 1.35 bits per heavy atom. The van der Waals surface area contributed by atoms with Gasteiger partial charge in [0, 0.05) is 19.8 Å². The van der Waals surface area contributed by atoms with Gasteiger partial charge in [0.2, 0.25) is 0 Å². The van der Waals surface area contributed by atoms with Crippen LogP contribution in [0.25, 0.3) is 0 Å². The Hall–Kier alpha value is -0.860. The predicted octanol–water partition coefficient (Wildman–Crippen LogP) is 1.63. The highest BCUT2D eigenvalue weighted by molar-refractivity contribution is 14.0. The molecule has 0 aliphatic carbocycles. The maximum Gasteiger partial charge on any atom is 0.188 e. The Kier molecular flexibility index (Phi) is 11.4. The van der Waals surface area contributed by atoms with Gasteiger partial charge >= 0.3 is 0 Å². The first-order valence-electron chi connectivity index (χ1n) is 6.57. The lowest BCUT2D eigenvalue weighted by atomic mass is 10.1. The first-order chi connectivity index (χ1) is 9.27. The molecule has 0 radical (unpaired) electrons. The maximum atomic E-state index is 9.20. The minimum atomic E-state index is 0. The quantitative estimate of drug-likeness (QED) is 0.272. The van der Waals surface area contributed by atoms with Crippen molar-refractivity contribution < 1.29 is 9.84 Å². The highest BCUT2D eigenvalue weighted by atomic mass is 127. The number of ether oxygens (including phenoxy) is 1. The van der Waals surface area contributed by atoms with E-state index in [0.29, 0.717) is 12.5 Å². The van der Waals surface area contributed by atoms with Gasteiger partial charge in [-0.2, -0.15) is 0 Å². The summed E-state index contributed by atoms with van der Waals surface area (Å²) in [5.41, 5.74) is 7.64. The van der Waals surface area contributed by atoms with Crippen LogP contribution in [0.2, 0.25) is 0 Å². The van der Waals surface area contributed by atoms with Gasteiger partial charge < -0.3 is 20.9 Å². The second kappa shape index (κ2) is 11.9. The van der Waals surface area contributed by atoms with Crippen molar-refractivity contribution in [3.8, 4) is 0 Å². The van der Waals surface area contributed by atoms with Crippen molar-refractivity contribution in [1.82, 2.24) is 5.32 Å². The van der Waals surface area contributed by atoms with Crippen LogP contribution < -0.4 is 11.1 Å². The number of nitrogens with one attached hydrogen (secondary N) is 1. The lowest BCUT2D eigenvalue weighted by Crippen LogP contribution is -2.32. The number of aliphatic hydroxyl groups excluding tert-OH is 1. The molecule has 0 unspecified atom stereocenters. The molecule has 1 aromatic carbocycles. The van der Waals surface area contributed by atoms with E-state index in [1.165, 1.54) is 0 Å². The molecule has 114 valence electrons. The normalized spacial score (nSPS) is 11.0. The van der Waals surface area contributed by atoms with Gasteiger partial charge in [-0.1, -0.05) is 24.3 Å². The fraction of sp³-hybridized carbons (Fsp3) is 0.500. The van der Waals surface area contributed by atoms with Crippen LogP contribution in [0.1, 0.15) is 24.5 Å². The van der Waals surface area contributed by atoms with Gasteiger partial charge in [-0.3, -0.25) is 0 Å². The van der Waals surface area contributed by atoms with Crippen molar-refractivity contribution in [3.05, 3.63) is 35.4 Å². The van der Waals surface area contributed by atoms with Crippen LogP contribution in [-0.2, 0) is 17.9 Å². The lowest BCUT2D eigenvalue weighted by Gasteiger charge is -2.07. The number of hydrogen-bond acceptors (Lipinski definition) is 3. The molecule has 0 amide bonds. The number of nitrogens with two attached hydrogens (primary N) is 1. The zero-order valence-electron chi connectivity index (χ0n) is 11.8. The van der Waals surface area contributed by atoms with Gasteiger partial charge in [0.1, 0.15) is 0 Å². The van der Waals surface area contributed by atoms with Crippen LogP contribution >= 0.6 is 24.0 Å². The molecule has 0 aliphatic heterocycles. The Labute approximate surface area is 137 Å². The summed E-state index contributed by atoms with van der Waals surface area (Å²) in [6, 6.07) is 7.65. The molecule has 20 heavy (non-hydrogen) atoms. The van der Waals surface area contributed by atoms with E-state index in [4.69, 9.17) is 10.5 Å². The van der Waals surface area contributed by atoms with E-state index in [-0.39, 0.29) is 30.6 Å². The Balaban J connectivity index is 0.00000361. The molecule has 0 fully saturated rings. The zero-order valence-corrected chi connectivity index (χ0v) is 14.2. The van der Waals surface area contributed by atoms with Gasteiger partial charge in [-0.25, -0.2) is 4.99 Å². The average Bonchev–Trinajstić information content (AvgIpc) is 2.45. The summed E-state index contributed by atoms with van der Waals surface area (Å²) in [5, 5.41) is 12.2. The van der Waals surface area contributed by atoms with Crippen LogP contribution in [0.4, 0.5) is 0 Å². The van der Waals surface area contributed by atoms with Crippen molar-refractivity contribution in [2.45, 2.75) is 26.5 Å². The number of hydrogen-bond donors (Lipinski definition) is 3. The van der Waals surface area contributed by atoms with Crippen molar-refractivity contribution in [1.29, 1.82) is 0 Å². The molecule has 1 rings (SSSR count). The van der Waals surface area contributed by atoms with Crippen LogP contribution in [0.15, 0.2) is 29.3 Å². The summed E-state index contributed by atoms with van der Waals surface area (Å²) in [7, 11) is 0. The van der Waals surface area contributed by atoms with Gasteiger partial charge in [-0.15, -0.1) is 24.0 Å². The van der Waals surface area contributed by atoms with Crippen molar-refractivity contribution in [2.24, 2.45) is 10.7 Å². The zero-order chi connectivity index (χ0) is 13.9. The summed E-state index contributed by atoms with van der Waals surface area (Å²) >= 11 is 0. The Morgan fingerprint density at radius 2 is 2.05 bits per heavy atom. The number of halogens is 1. The molecule has 0 aliphatic rings. The smallest absolute Gasteiger partial charge is 0.188 e. The second-order valence-electron chi connectivity index (χ2n) is 4.11. The number of aliphatic hydroxyl groups is 1. The molecule has 0 heterocycles. The molecule has 0 spiro atoms. The maximum absolute atomic E-state index is 9.20. The number of benzene rings is 1. The van der Waals surface area contributed by atoms with E-state index in [2.05, 4.69) is 10.3 Å². The summed E-state index contributed by atoms with van der Waals surface area (Å²) in [6.07, 6.45) is 0.900. The topological polar surface area (TPSA) is 79.9 Å². The number of rotatable bonds is 8. The van der Waals surface area contributed by atoms with E-state index in [1.54, 1.807) is 0 Å². The fourth-order valence-corrected chi connectivity index (χ4v) is 1.63. The molecule has 1 aromatic rings. The average molecular weight is 393 g/mol. The first kappa shape index (κ1) is 19.1. The van der Waals surface area contributed by atoms with Gasteiger partial charge in [0.25, 0.3) is 0 Å². The molecule has 0 saturated carbocycles. The number of nitrogens with zero attached hydrogens (tertiary/aromatic N) is 1. The molecule has 5 nitrogen and oxygen atoms in total. The summed E-state index contributed by atoms with van der Waals surface area (Å²) < 4.78 is 5.23. The largest absolute Gasteiger partial charge is 0.392 e. The first-order valence-corrected chi connectivity index (χ1v) is 6.57. The van der Waals surface area contributed by atoms with Crippen molar-refractivity contribution >= 4 is 29.9 Å². The third-order valence-corrected chi connectivity index (χ3v) is 2.68. The molecular formula is C14H24IN3O2. The van der Waals surface area contributed by atoms with Crippen LogP contribution in [0.3, 0.4) is 0 Å². The van der Waals surface area contributed by atoms with E-state index in [1.807, 2.05) is 31.2 Å². The van der Waals surface area contributed by atoms with Crippen molar-refractivity contribution in [2.75, 3.05) is 19.8 Å². The number of aliphatic imine (C=N–C) groups is 1. The summed E-state index contributed by atoms with van der Waals surface area (Å²) in [6.45, 7) is 4.68. The molecule has 0 aromatic heterocycles. The highest BCUT2D eigenvalue weighted by Gasteiger charge is 1.99. The predicted molar refractivity (Wildman–Crippen MR) is 92.2 cm³/mol. The van der Waals surface area contributed by atoms with Crippen LogP contribution in [-0.4, -0.2) is 30.8 Å². The molecular weight excluding hydrogens is 369 g/mol. The van der Waals surface area contributed by atoms with Crippen molar-refractivity contribution in [3.63, 3.8) is 0 Å². The minimum absolute atomic E-state index is 0. The van der Waals surface area contributed by atoms with Gasteiger partial charge in [0.05, 0.1) is 13.2 Å². The van der Waals surface area contributed by atoms with Gasteiger partial charge in [-0.05, 0) is 24.5 Å². The Bertz CT molecular complexity index is 400. The lowest BCUT2D eigenvalue weighted by molar-refractivity contribution is 0.145. The molecule has 6 heteroatoms. The van der Waals surface area contributed by atoms with Crippen LogP contribution in [0.5, 0.6) is 0 Å². The van der Waals surface area contributed by atoms with E-state index in [9.17, 15) is 5.11 Å². The summed E-state index contributed by atoms with van der Waals surface area (Å²) in [5.74, 6) is 0.421. The monoisotopic (exact) mass is 393 g/mol. The second-order valence-corrected chi connectivity index (χ2v) is 4.11. The van der Waals surface area contributed by atoms with Crippen LogP contribution in [0, 0.1) is 0 Å². The molecule has 0 saturated heterocycles. The van der Waals surface area contributed by atoms with Gasteiger partial charge in [0.15, 0.2) is 5.96 Å². The third-order valence-electron chi connectivity index (χ3n) is 2.68. The summed E-state index contributed by atoms with van der Waals surface area (Å²) in [4.78, 5) is 4.25. The molecule has 0 bridgehead atoms. The molecule has 4 N–H and O–H groups in total. The number of guanidine groups is 1. The standard InChI is InChI=1S/C14H23N3O2.HI/c1-2-19-9-5-8-16-14(15)17-10-12-6-3-4-7-13(12)11-18;/h3-4,6-7,18H,2,5,8-11H2,1H3,(H3,15,16,17);1H. The van der Waals surface area contributed by atoms with E-state index in [0.717, 1.165) is 37.3 Å². The minimum Gasteiger partial charge on any atom is -0.392 e. The molecule has 0 atom stereocenters.